The maximum atomic E-state index is 12.3. The second-order valence-corrected chi connectivity index (χ2v) is 6.00. The Balaban J connectivity index is 1.87. The fourth-order valence-corrected chi connectivity index (χ4v) is 2.64. The third kappa shape index (κ3) is 3.96. The van der Waals surface area contributed by atoms with Gasteiger partial charge < -0.3 is 9.30 Å². The van der Waals surface area contributed by atoms with E-state index in [1.54, 1.807) is 41.5 Å². The average molecular weight is 361 g/mol. The van der Waals surface area contributed by atoms with Gasteiger partial charge in [-0.3, -0.25) is 4.79 Å². The van der Waals surface area contributed by atoms with E-state index in [-0.39, 0.29) is 12.5 Å². The first kappa shape index (κ1) is 16.6. The molecule has 0 fully saturated rings. The number of nitrogens with zero attached hydrogens (tertiary/aromatic N) is 2. The Morgan fingerprint density at radius 3 is 2.54 bits per heavy atom. The van der Waals surface area contributed by atoms with Crippen molar-refractivity contribution in [1.29, 1.82) is 0 Å². The highest BCUT2D eigenvalue weighted by Crippen LogP contribution is 2.31. The Hall–Kier alpha value is -2.30. The Morgan fingerprint density at radius 2 is 1.88 bits per heavy atom. The van der Waals surface area contributed by atoms with Crippen LogP contribution in [0.1, 0.15) is 17.2 Å². The van der Waals surface area contributed by atoms with E-state index in [0.29, 0.717) is 10.0 Å². The maximum Gasteiger partial charge on any atom is 0.326 e. The van der Waals surface area contributed by atoms with Crippen molar-refractivity contribution in [3.63, 3.8) is 0 Å². The smallest absolute Gasteiger partial charge is 0.326 e. The normalized spacial score (nSPS) is 11.9. The van der Waals surface area contributed by atoms with Gasteiger partial charge >= 0.3 is 5.97 Å². The molecule has 0 radical (unpaired) electrons. The molecule has 0 saturated heterocycles. The third-order valence-electron chi connectivity index (χ3n) is 3.47. The van der Waals surface area contributed by atoms with Crippen LogP contribution in [0.4, 0.5) is 0 Å². The van der Waals surface area contributed by atoms with E-state index in [1.165, 1.54) is 0 Å². The monoisotopic (exact) mass is 360 g/mol. The molecular formula is C18H14Cl2N2O2. The summed E-state index contributed by atoms with van der Waals surface area (Å²) < 4.78 is 7.35. The van der Waals surface area contributed by atoms with Gasteiger partial charge in [0.1, 0.15) is 6.54 Å². The Labute approximate surface area is 149 Å². The fraction of sp³-hybridized carbons (Fsp3) is 0.111. The minimum absolute atomic E-state index is 0.0880. The van der Waals surface area contributed by atoms with E-state index in [9.17, 15) is 4.79 Å². The molecule has 0 aliphatic carbocycles. The van der Waals surface area contributed by atoms with Crippen molar-refractivity contribution >= 4 is 29.2 Å². The predicted octanol–water partition coefficient (Wildman–Crippen LogP) is 4.52. The topological polar surface area (TPSA) is 44.1 Å². The number of esters is 1. The first-order valence-electron chi connectivity index (χ1n) is 7.28. The van der Waals surface area contributed by atoms with E-state index in [0.717, 1.165) is 11.1 Å². The quantitative estimate of drug-likeness (QED) is 0.628. The molecular weight excluding hydrogens is 347 g/mol. The number of carbonyl (C=O) groups is 1. The average Bonchev–Trinajstić information content (AvgIpc) is 3.09. The van der Waals surface area contributed by atoms with Gasteiger partial charge in [-0.2, -0.15) is 0 Å². The van der Waals surface area contributed by atoms with Gasteiger partial charge in [0.05, 0.1) is 16.4 Å². The highest BCUT2D eigenvalue weighted by atomic mass is 35.5. The Kier molecular flexibility index (Phi) is 5.18. The Morgan fingerprint density at radius 1 is 1.08 bits per heavy atom. The number of ether oxygens (including phenoxy) is 1. The van der Waals surface area contributed by atoms with Crippen LogP contribution in [0.15, 0.2) is 67.3 Å². The van der Waals surface area contributed by atoms with Gasteiger partial charge in [0.25, 0.3) is 0 Å². The van der Waals surface area contributed by atoms with Crippen molar-refractivity contribution in [2.75, 3.05) is 0 Å². The molecule has 0 aliphatic heterocycles. The van der Waals surface area contributed by atoms with Crippen molar-refractivity contribution in [2.45, 2.75) is 12.6 Å². The molecule has 0 saturated carbocycles. The minimum atomic E-state index is -0.558. The van der Waals surface area contributed by atoms with Crippen LogP contribution >= 0.6 is 23.2 Å². The summed E-state index contributed by atoms with van der Waals surface area (Å²) in [7, 11) is 0. The van der Waals surface area contributed by atoms with Crippen LogP contribution < -0.4 is 0 Å². The molecule has 4 nitrogen and oxygen atoms in total. The molecule has 0 spiro atoms. The first-order valence-corrected chi connectivity index (χ1v) is 8.04. The van der Waals surface area contributed by atoms with Crippen LogP contribution in [0.25, 0.3) is 0 Å². The van der Waals surface area contributed by atoms with Crippen molar-refractivity contribution in [1.82, 2.24) is 9.55 Å². The summed E-state index contributed by atoms with van der Waals surface area (Å²) in [5, 5.41) is 0.873. The van der Waals surface area contributed by atoms with E-state index >= 15 is 0 Å². The van der Waals surface area contributed by atoms with E-state index in [4.69, 9.17) is 27.9 Å². The lowest BCUT2D eigenvalue weighted by atomic mass is 10.0. The van der Waals surface area contributed by atoms with Crippen molar-refractivity contribution in [3.05, 3.63) is 88.4 Å². The molecule has 24 heavy (non-hydrogen) atoms. The summed E-state index contributed by atoms with van der Waals surface area (Å²) >= 11 is 12.1. The van der Waals surface area contributed by atoms with Crippen molar-refractivity contribution < 1.29 is 9.53 Å². The third-order valence-corrected chi connectivity index (χ3v) is 4.21. The number of imidazole rings is 1. The largest absolute Gasteiger partial charge is 0.451 e. The van der Waals surface area contributed by atoms with E-state index in [1.807, 2.05) is 30.3 Å². The SMILES string of the molecule is O=C(Cn1ccnc1)OC(c1ccccc1)c1ccc(Cl)c(Cl)c1. The van der Waals surface area contributed by atoms with Gasteiger partial charge in [-0.15, -0.1) is 0 Å². The molecule has 0 bridgehead atoms. The van der Waals surface area contributed by atoms with Gasteiger partial charge in [-0.25, -0.2) is 4.98 Å². The maximum absolute atomic E-state index is 12.3. The number of aromatic nitrogens is 2. The zero-order valence-electron chi connectivity index (χ0n) is 12.6. The number of halogens is 2. The molecule has 2 aromatic carbocycles. The van der Waals surface area contributed by atoms with Crippen LogP contribution in [0.2, 0.25) is 10.0 Å². The molecule has 122 valence electrons. The van der Waals surface area contributed by atoms with Crippen LogP contribution in [0, 0.1) is 0 Å². The lowest BCUT2D eigenvalue weighted by Crippen LogP contribution is -2.17. The number of carbonyl (C=O) groups excluding carboxylic acids is 1. The van der Waals surface area contributed by atoms with Crippen LogP contribution in [0.3, 0.4) is 0 Å². The lowest BCUT2D eigenvalue weighted by molar-refractivity contribution is -0.148. The van der Waals surface area contributed by atoms with Gasteiger partial charge in [0.15, 0.2) is 6.10 Å². The molecule has 1 unspecified atom stereocenters. The van der Waals surface area contributed by atoms with Gasteiger partial charge in [-0.05, 0) is 23.3 Å². The molecule has 1 heterocycles. The number of hydrogen-bond acceptors (Lipinski definition) is 3. The van der Waals surface area contributed by atoms with Gasteiger partial charge in [0, 0.05) is 12.4 Å². The lowest BCUT2D eigenvalue weighted by Gasteiger charge is -2.19. The summed E-state index contributed by atoms with van der Waals surface area (Å²) in [5.74, 6) is -0.368. The first-order chi connectivity index (χ1) is 11.6. The summed E-state index contributed by atoms with van der Waals surface area (Å²) in [6, 6.07) is 14.7. The fourth-order valence-electron chi connectivity index (χ4n) is 2.33. The number of hydrogen-bond donors (Lipinski definition) is 0. The summed E-state index contributed by atoms with van der Waals surface area (Å²) in [6.45, 7) is 0.0880. The number of rotatable bonds is 5. The second kappa shape index (κ2) is 7.51. The molecule has 1 atom stereocenters. The van der Waals surface area contributed by atoms with E-state index in [2.05, 4.69) is 4.98 Å². The predicted molar refractivity (Wildman–Crippen MR) is 93.1 cm³/mol. The zero-order valence-corrected chi connectivity index (χ0v) is 14.1. The standard InChI is InChI=1S/C18H14Cl2N2O2/c19-15-7-6-14(10-16(15)20)18(13-4-2-1-3-5-13)24-17(23)11-22-9-8-21-12-22/h1-10,12,18H,11H2. The summed E-state index contributed by atoms with van der Waals surface area (Å²) in [4.78, 5) is 16.2. The second-order valence-electron chi connectivity index (χ2n) is 5.19. The highest BCUT2D eigenvalue weighted by molar-refractivity contribution is 6.42. The highest BCUT2D eigenvalue weighted by Gasteiger charge is 2.20. The Bertz CT molecular complexity index is 820. The summed E-state index contributed by atoms with van der Waals surface area (Å²) in [5.41, 5.74) is 1.62. The van der Waals surface area contributed by atoms with Crippen LogP contribution in [-0.4, -0.2) is 15.5 Å². The van der Waals surface area contributed by atoms with Crippen molar-refractivity contribution in [3.8, 4) is 0 Å². The molecule has 3 aromatic rings. The zero-order chi connectivity index (χ0) is 16.9. The number of benzene rings is 2. The molecule has 0 aliphatic rings. The molecule has 0 N–H and O–H groups in total. The van der Waals surface area contributed by atoms with Gasteiger partial charge in [-0.1, -0.05) is 59.6 Å². The van der Waals surface area contributed by atoms with Gasteiger partial charge in [0.2, 0.25) is 0 Å². The molecule has 3 rings (SSSR count). The van der Waals surface area contributed by atoms with Crippen molar-refractivity contribution in [2.24, 2.45) is 0 Å². The molecule has 1 aromatic heterocycles. The van der Waals surface area contributed by atoms with E-state index < -0.39 is 6.10 Å². The summed E-state index contributed by atoms with van der Waals surface area (Å²) in [6.07, 6.45) is 4.33. The molecule has 0 amide bonds. The molecule has 6 heteroatoms. The van der Waals surface area contributed by atoms with Crippen LogP contribution in [-0.2, 0) is 16.1 Å². The minimum Gasteiger partial charge on any atom is -0.451 e. The van der Waals surface area contributed by atoms with Crippen LogP contribution in [0.5, 0.6) is 0 Å².